The van der Waals surface area contributed by atoms with E-state index in [4.69, 9.17) is 0 Å². The van der Waals surface area contributed by atoms with Gasteiger partial charge in [0.25, 0.3) is 0 Å². The van der Waals surface area contributed by atoms with Crippen LogP contribution in [0.25, 0.3) is 0 Å². The minimum atomic E-state index is -0.547. The van der Waals surface area contributed by atoms with Gasteiger partial charge < -0.3 is 4.74 Å². The summed E-state index contributed by atoms with van der Waals surface area (Å²) in [7, 11) is 1.26. The lowest BCUT2D eigenvalue weighted by Crippen LogP contribution is -2.03. The molecule has 1 rings (SSSR count). The quantitative estimate of drug-likeness (QED) is 0.713. The van der Waals surface area contributed by atoms with Gasteiger partial charge in [0.1, 0.15) is 5.82 Å². The Morgan fingerprint density at radius 2 is 2.15 bits per heavy atom. The molecule has 1 aromatic carbocycles. The fourth-order valence-electron chi connectivity index (χ4n) is 0.984. The molecule has 0 aliphatic carbocycles. The molecule has 0 saturated heterocycles. The zero-order chi connectivity index (χ0) is 10.0. The maximum atomic E-state index is 12.9. The number of ether oxygens (including phenoxy) is 1. The maximum Gasteiger partial charge on any atom is 0.339 e. The van der Waals surface area contributed by atoms with Crippen molar-refractivity contribution in [3.63, 3.8) is 0 Å². The predicted molar refractivity (Wildman–Crippen MR) is 50.2 cm³/mol. The summed E-state index contributed by atoms with van der Waals surface area (Å²) in [4.78, 5) is 11.1. The lowest BCUT2D eigenvalue weighted by molar-refractivity contribution is 0.0599. The van der Waals surface area contributed by atoms with E-state index in [1.54, 1.807) is 6.92 Å². The first-order chi connectivity index (χ1) is 6.06. The Bertz CT molecular complexity index is 350. The molecule has 0 aliphatic heterocycles. The minimum Gasteiger partial charge on any atom is -0.465 e. The average Bonchev–Trinajstić information content (AvgIpc) is 2.10. The Morgan fingerprint density at radius 1 is 1.54 bits per heavy atom. The predicted octanol–water partition coefficient (Wildman–Crippen LogP) is 2.68. The van der Waals surface area contributed by atoms with Crippen molar-refractivity contribution in [2.24, 2.45) is 0 Å². The molecule has 0 spiro atoms. The van der Waals surface area contributed by atoms with E-state index < -0.39 is 11.8 Å². The fourth-order valence-corrected chi connectivity index (χ4v) is 1.37. The summed E-state index contributed by atoms with van der Waals surface area (Å²) in [6, 6.07) is 2.49. The summed E-state index contributed by atoms with van der Waals surface area (Å²) >= 11 is 3.19. The first-order valence-corrected chi connectivity index (χ1v) is 4.39. The molecule has 0 aromatic heterocycles. The average molecular weight is 247 g/mol. The van der Waals surface area contributed by atoms with Crippen molar-refractivity contribution < 1.29 is 13.9 Å². The first kappa shape index (κ1) is 10.2. The third-order valence-corrected chi connectivity index (χ3v) is 2.68. The summed E-state index contributed by atoms with van der Waals surface area (Å²) in [6.07, 6.45) is 0. The lowest BCUT2D eigenvalue weighted by atomic mass is 10.1. The number of methoxy groups -OCH3 is 1. The molecule has 0 heterocycles. The highest BCUT2D eigenvalue weighted by Gasteiger charge is 2.13. The van der Waals surface area contributed by atoms with Crippen LogP contribution in [-0.4, -0.2) is 13.1 Å². The standard InChI is InChI=1S/C9H8BrFO2/c1-5-3-6(11)4-7(8(5)10)9(12)13-2/h3-4H,1-2H3. The number of benzene rings is 1. The highest BCUT2D eigenvalue weighted by molar-refractivity contribution is 9.10. The van der Waals surface area contributed by atoms with Crippen LogP contribution < -0.4 is 0 Å². The number of rotatable bonds is 1. The molecule has 0 aliphatic rings. The Balaban J connectivity index is 3.28. The van der Waals surface area contributed by atoms with Crippen molar-refractivity contribution in [2.45, 2.75) is 6.92 Å². The topological polar surface area (TPSA) is 26.3 Å². The summed E-state index contributed by atoms with van der Waals surface area (Å²) in [6.45, 7) is 1.71. The number of aryl methyl sites for hydroxylation is 1. The van der Waals surface area contributed by atoms with Crippen LogP contribution >= 0.6 is 15.9 Å². The van der Waals surface area contributed by atoms with Crippen molar-refractivity contribution in [3.05, 3.63) is 33.5 Å². The van der Waals surface area contributed by atoms with E-state index in [0.717, 1.165) is 6.07 Å². The van der Waals surface area contributed by atoms with Crippen LogP contribution in [0.2, 0.25) is 0 Å². The first-order valence-electron chi connectivity index (χ1n) is 3.60. The van der Waals surface area contributed by atoms with Gasteiger partial charge >= 0.3 is 5.97 Å². The Kier molecular flexibility index (Phi) is 3.03. The highest BCUT2D eigenvalue weighted by Crippen LogP contribution is 2.23. The van der Waals surface area contributed by atoms with Crippen LogP contribution in [0.3, 0.4) is 0 Å². The Morgan fingerprint density at radius 3 is 2.69 bits per heavy atom. The smallest absolute Gasteiger partial charge is 0.339 e. The van der Waals surface area contributed by atoms with Gasteiger partial charge in [-0.15, -0.1) is 0 Å². The second kappa shape index (κ2) is 3.87. The van der Waals surface area contributed by atoms with Crippen LogP contribution in [0.1, 0.15) is 15.9 Å². The van der Waals surface area contributed by atoms with Crippen LogP contribution in [-0.2, 0) is 4.74 Å². The number of hydrogen-bond acceptors (Lipinski definition) is 2. The molecule has 2 nitrogen and oxygen atoms in total. The zero-order valence-electron chi connectivity index (χ0n) is 7.23. The minimum absolute atomic E-state index is 0.208. The number of hydrogen-bond donors (Lipinski definition) is 0. The summed E-state index contributed by atoms with van der Waals surface area (Å²) in [5, 5.41) is 0. The molecule has 0 bridgehead atoms. The van der Waals surface area contributed by atoms with Crippen molar-refractivity contribution in [1.82, 2.24) is 0 Å². The lowest BCUT2D eigenvalue weighted by Gasteiger charge is -2.05. The SMILES string of the molecule is COC(=O)c1cc(F)cc(C)c1Br. The second-order valence-electron chi connectivity index (χ2n) is 2.58. The van der Waals surface area contributed by atoms with E-state index in [0.29, 0.717) is 10.0 Å². The number of esters is 1. The maximum absolute atomic E-state index is 12.9. The molecule has 0 N–H and O–H groups in total. The molecule has 4 heteroatoms. The molecule has 70 valence electrons. The van der Waals surface area contributed by atoms with E-state index in [1.807, 2.05) is 0 Å². The summed E-state index contributed by atoms with van der Waals surface area (Å²) < 4.78 is 17.9. The number of halogens is 2. The third kappa shape index (κ3) is 2.06. The Hall–Kier alpha value is -0.900. The van der Waals surface area contributed by atoms with Gasteiger partial charge in [-0.3, -0.25) is 0 Å². The van der Waals surface area contributed by atoms with E-state index in [-0.39, 0.29) is 5.56 Å². The number of carbonyl (C=O) groups is 1. The molecule has 0 unspecified atom stereocenters. The normalized spacial score (nSPS) is 9.85. The largest absolute Gasteiger partial charge is 0.465 e. The van der Waals surface area contributed by atoms with Gasteiger partial charge in [0.05, 0.1) is 12.7 Å². The molecule has 0 atom stereocenters. The van der Waals surface area contributed by atoms with Gasteiger partial charge in [0.2, 0.25) is 0 Å². The van der Waals surface area contributed by atoms with E-state index in [9.17, 15) is 9.18 Å². The van der Waals surface area contributed by atoms with Gasteiger partial charge in [-0.25, -0.2) is 9.18 Å². The van der Waals surface area contributed by atoms with Crippen LogP contribution in [0.5, 0.6) is 0 Å². The fraction of sp³-hybridized carbons (Fsp3) is 0.222. The van der Waals surface area contributed by atoms with Gasteiger partial charge in [0, 0.05) is 4.47 Å². The zero-order valence-corrected chi connectivity index (χ0v) is 8.81. The molecular weight excluding hydrogens is 239 g/mol. The summed E-state index contributed by atoms with van der Waals surface area (Å²) in [5.41, 5.74) is 0.875. The van der Waals surface area contributed by atoms with Crippen molar-refractivity contribution >= 4 is 21.9 Å². The van der Waals surface area contributed by atoms with Crippen LogP contribution in [0, 0.1) is 12.7 Å². The Labute approximate surface area is 83.8 Å². The van der Waals surface area contributed by atoms with Gasteiger partial charge in [-0.2, -0.15) is 0 Å². The molecule has 0 amide bonds. The highest BCUT2D eigenvalue weighted by atomic mass is 79.9. The third-order valence-electron chi connectivity index (χ3n) is 1.62. The van der Waals surface area contributed by atoms with Gasteiger partial charge in [0.15, 0.2) is 0 Å². The van der Waals surface area contributed by atoms with Crippen molar-refractivity contribution in [1.29, 1.82) is 0 Å². The molecular formula is C9H8BrFO2. The van der Waals surface area contributed by atoms with Gasteiger partial charge in [-0.1, -0.05) is 0 Å². The van der Waals surface area contributed by atoms with Crippen molar-refractivity contribution in [2.75, 3.05) is 7.11 Å². The van der Waals surface area contributed by atoms with Crippen molar-refractivity contribution in [3.8, 4) is 0 Å². The second-order valence-corrected chi connectivity index (χ2v) is 3.37. The van der Waals surface area contributed by atoms with Crippen LogP contribution in [0.15, 0.2) is 16.6 Å². The summed E-state index contributed by atoms with van der Waals surface area (Å²) in [5.74, 6) is -0.990. The monoisotopic (exact) mass is 246 g/mol. The number of carbonyl (C=O) groups excluding carboxylic acids is 1. The molecule has 1 aromatic rings. The molecule has 13 heavy (non-hydrogen) atoms. The molecule has 0 radical (unpaired) electrons. The van der Waals surface area contributed by atoms with E-state index in [2.05, 4.69) is 20.7 Å². The van der Waals surface area contributed by atoms with Crippen LogP contribution in [0.4, 0.5) is 4.39 Å². The molecule has 0 fully saturated rings. The van der Waals surface area contributed by atoms with E-state index in [1.165, 1.54) is 13.2 Å². The molecule has 0 saturated carbocycles. The van der Waals surface area contributed by atoms with Gasteiger partial charge in [-0.05, 0) is 40.5 Å². The van der Waals surface area contributed by atoms with E-state index >= 15 is 0 Å².